The highest BCUT2D eigenvalue weighted by Crippen LogP contribution is 2.39. The summed E-state index contributed by atoms with van der Waals surface area (Å²) in [5.41, 5.74) is 3.87. The number of amides is 2. The number of nitrogens with one attached hydrogen (secondary N) is 1. The summed E-state index contributed by atoms with van der Waals surface area (Å²) in [6.45, 7) is 7.34. The van der Waals surface area contributed by atoms with Crippen LogP contribution in [0.25, 0.3) is 11.3 Å². The summed E-state index contributed by atoms with van der Waals surface area (Å²) in [7, 11) is 0. The molecule has 0 bridgehead atoms. The predicted octanol–water partition coefficient (Wildman–Crippen LogP) is 6.50. The molecule has 1 aromatic heterocycles. The van der Waals surface area contributed by atoms with Gasteiger partial charge in [0.15, 0.2) is 0 Å². The highest BCUT2D eigenvalue weighted by atomic mass is 16.6. The van der Waals surface area contributed by atoms with Crippen LogP contribution in [0.4, 0.5) is 15.4 Å². The topological polar surface area (TPSA) is 90.0 Å². The summed E-state index contributed by atoms with van der Waals surface area (Å²) in [6, 6.07) is 19.8. The molecule has 38 heavy (non-hydrogen) atoms. The molecule has 2 aliphatic heterocycles. The van der Waals surface area contributed by atoms with E-state index in [1.165, 1.54) is 0 Å². The molecule has 2 aliphatic rings. The Morgan fingerprint density at radius 2 is 1.89 bits per heavy atom. The summed E-state index contributed by atoms with van der Waals surface area (Å²) in [4.78, 5) is 31.5. The molecule has 5 rings (SSSR count). The lowest BCUT2D eigenvalue weighted by Crippen LogP contribution is -2.42. The monoisotopic (exact) mass is 515 g/mol. The Morgan fingerprint density at radius 3 is 2.68 bits per heavy atom. The largest absolute Gasteiger partial charge is 0.488 e. The van der Waals surface area contributed by atoms with Crippen molar-refractivity contribution >= 4 is 18.0 Å². The number of piperidine rings is 1. The van der Waals surface area contributed by atoms with Gasteiger partial charge in [0.2, 0.25) is 0 Å². The maximum atomic E-state index is 12.8. The summed E-state index contributed by atoms with van der Waals surface area (Å²) < 4.78 is 17.2. The van der Waals surface area contributed by atoms with Gasteiger partial charge in [-0.1, -0.05) is 42.5 Å². The van der Waals surface area contributed by atoms with Crippen molar-refractivity contribution in [1.29, 1.82) is 0 Å². The zero-order valence-electron chi connectivity index (χ0n) is 22.0. The average molecular weight is 516 g/mol. The number of rotatable bonds is 5. The molecule has 1 fully saturated rings. The molecule has 1 atom stereocenters. The molecule has 3 heterocycles. The van der Waals surface area contributed by atoms with Crippen molar-refractivity contribution in [3.63, 3.8) is 0 Å². The van der Waals surface area contributed by atoms with E-state index in [0.29, 0.717) is 37.0 Å². The summed E-state index contributed by atoms with van der Waals surface area (Å²) in [6.07, 6.45) is 0.908. The zero-order chi connectivity index (χ0) is 26.7. The molecule has 1 saturated heterocycles. The van der Waals surface area contributed by atoms with Crippen LogP contribution in [-0.4, -0.2) is 40.8 Å². The summed E-state index contributed by atoms with van der Waals surface area (Å²) in [5, 5.41) is 2.77. The lowest BCUT2D eigenvalue weighted by atomic mass is 9.87. The lowest BCUT2D eigenvalue weighted by molar-refractivity contribution is 0.0198. The second-order valence-electron chi connectivity index (χ2n) is 10.7. The van der Waals surface area contributed by atoms with E-state index < -0.39 is 11.7 Å². The van der Waals surface area contributed by atoms with E-state index in [1.54, 1.807) is 4.90 Å². The van der Waals surface area contributed by atoms with E-state index >= 15 is 0 Å². The van der Waals surface area contributed by atoms with Gasteiger partial charge >= 0.3 is 12.2 Å². The molecule has 0 spiro atoms. The Labute approximate surface area is 222 Å². The van der Waals surface area contributed by atoms with Crippen molar-refractivity contribution in [1.82, 2.24) is 9.88 Å². The molecule has 2 aromatic carbocycles. The molecule has 2 amide bonds. The van der Waals surface area contributed by atoms with Crippen LogP contribution in [0.3, 0.4) is 0 Å². The number of carbonyl (C=O) groups excluding carboxylic acids is 2. The highest BCUT2D eigenvalue weighted by Gasteiger charge is 2.32. The van der Waals surface area contributed by atoms with Gasteiger partial charge in [-0.05, 0) is 62.9 Å². The number of cyclic esters (lactones) is 1. The Kier molecular flexibility index (Phi) is 7.22. The maximum absolute atomic E-state index is 12.8. The number of fused-ring (bicyclic) bond motifs is 1. The van der Waals surface area contributed by atoms with Gasteiger partial charge in [0, 0.05) is 30.1 Å². The van der Waals surface area contributed by atoms with Crippen molar-refractivity contribution in [2.24, 2.45) is 0 Å². The van der Waals surface area contributed by atoms with Gasteiger partial charge in [-0.25, -0.2) is 14.6 Å². The number of hydrogen-bond donors (Lipinski definition) is 1. The number of carbonyl (C=O) groups is 2. The minimum Gasteiger partial charge on any atom is -0.488 e. The Hall–Kier alpha value is -4.07. The number of nitrogens with zero attached hydrogens (tertiary/aromatic N) is 2. The van der Waals surface area contributed by atoms with Gasteiger partial charge in [-0.15, -0.1) is 0 Å². The van der Waals surface area contributed by atoms with Crippen molar-refractivity contribution in [3.05, 3.63) is 77.4 Å². The number of ether oxygens (including phenoxy) is 3. The Balaban J connectivity index is 1.48. The average Bonchev–Trinajstić information content (AvgIpc) is 2.91. The van der Waals surface area contributed by atoms with Gasteiger partial charge < -0.3 is 19.1 Å². The van der Waals surface area contributed by atoms with Crippen molar-refractivity contribution in [2.45, 2.75) is 58.3 Å². The molecular weight excluding hydrogens is 482 g/mol. The minimum absolute atomic E-state index is 0.0442. The molecule has 1 N–H and O–H groups in total. The molecule has 3 aromatic rings. The Bertz CT molecular complexity index is 1320. The van der Waals surface area contributed by atoms with Gasteiger partial charge in [0.1, 0.15) is 30.4 Å². The normalized spacial score (nSPS) is 17.2. The number of likely N-dealkylation sites (tertiary alicyclic amines) is 1. The molecule has 0 radical (unpaired) electrons. The van der Waals surface area contributed by atoms with Crippen molar-refractivity contribution in [3.8, 4) is 17.0 Å². The van der Waals surface area contributed by atoms with Crippen LogP contribution in [0.2, 0.25) is 0 Å². The van der Waals surface area contributed by atoms with Crippen molar-refractivity contribution < 1.29 is 23.8 Å². The number of pyridine rings is 1. The van der Waals surface area contributed by atoms with E-state index in [9.17, 15) is 9.59 Å². The molecule has 1 unspecified atom stereocenters. The lowest BCUT2D eigenvalue weighted by Gasteiger charge is -2.35. The fraction of sp³-hybridized carbons (Fsp3) is 0.367. The predicted molar refractivity (Wildman–Crippen MR) is 144 cm³/mol. The van der Waals surface area contributed by atoms with E-state index in [1.807, 2.05) is 81.4 Å². The highest BCUT2D eigenvalue weighted by molar-refractivity contribution is 5.87. The first kappa shape index (κ1) is 25.6. The third-order valence-electron chi connectivity index (χ3n) is 6.64. The summed E-state index contributed by atoms with van der Waals surface area (Å²) >= 11 is 0. The van der Waals surface area contributed by atoms with E-state index in [-0.39, 0.29) is 18.6 Å². The fourth-order valence-electron chi connectivity index (χ4n) is 4.88. The number of benzene rings is 2. The third kappa shape index (κ3) is 5.90. The van der Waals surface area contributed by atoms with Gasteiger partial charge in [-0.3, -0.25) is 5.32 Å². The van der Waals surface area contributed by atoms with Crippen molar-refractivity contribution in [2.75, 3.05) is 18.4 Å². The molecular formula is C30H33N3O5. The molecule has 8 heteroatoms. The smallest absolute Gasteiger partial charge is 0.413 e. The number of anilines is 1. The van der Waals surface area contributed by atoms with Gasteiger partial charge in [-0.2, -0.15) is 0 Å². The maximum Gasteiger partial charge on any atom is 0.413 e. The van der Waals surface area contributed by atoms with E-state index in [4.69, 9.17) is 19.2 Å². The van der Waals surface area contributed by atoms with Crippen LogP contribution in [0.1, 0.15) is 56.2 Å². The van der Waals surface area contributed by atoms with Gasteiger partial charge in [0.25, 0.3) is 0 Å². The first-order chi connectivity index (χ1) is 18.3. The number of hydrogen-bond acceptors (Lipinski definition) is 6. The van der Waals surface area contributed by atoms with E-state index in [2.05, 4.69) is 5.32 Å². The fourth-order valence-corrected chi connectivity index (χ4v) is 4.88. The minimum atomic E-state index is -0.561. The molecule has 8 nitrogen and oxygen atoms in total. The molecule has 198 valence electrons. The van der Waals surface area contributed by atoms with Gasteiger partial charge in [0.05, 0.1) is 5.69 Å². The first-order valence-corrected chi connectivity index (χ1v) is 13.0. The van der Waals surface area contributed by atoms with E-state index in [0.717, 1.165) is 35.1 Å². The third-order valence-corrected chi connectivity index (χ3v) is 6.64. The summed E-state index contributed by atoms with van der Waals surface area (Å²) in [5.74, 6) is 1.23. The Morgan fingerprint density at radius 1 is 1.13 bits per heavy atom. The molecule has 0 saturated carbocycles. The van der Waals surface area contributed by atoms with Crippen LogP contribution in [0.15, 0.2) is 60.7 Å². The molecule has 0 aliphatic carbocycles. The van der Waals surface area contributed by atoms with Crippen LogP contribution < -0.4 is 10.1 Å². The van der Waals surface area contributed by atoms with Crippen LogP contribution in [0, 0.1) is 0 Å². The quantitative estimate of drug-likeness (QED) is 0.417. The number of para-hydroxylation sites is 1. The second-order valence-corrected chi connectivity index (χ2v) is 10.7. The van der Waals surface area contributed by atoms with Crippen LogP contribution >= 0.6 is 0 Å². The SMILES string of the molecule is CC(C)(C)OC(=O)N1CCCC(c2cc(-c3ccccc3OCc3ccccc3)nc3c2COC(=O)N3)C1. The second kappa shape index (κ2) is 10.7. The number of aromatic nitrogens is 1. The first-order valence-electron chi connectivity index (χ1n) is 13.0. The standard InChI is InChI=1S/C30H33N3O5/c1-30(2,3)38-29(35)33-15-9-12-21(17-33)23-16-25(31-27-24(23)19-37-28(34)32-27)22-13-7-8-14-26(22)36-18-20-10-5-4-6-11-20/h4-8,10-11,13-14,16,21H,9,12,15,17-19H2,1-3H3,(H,31,32,34). The zero-order valence-corrected chi connectivity index (χ0v) is 22.0. The van der Waals surface area contributed by atoms with Crippen LogP contribution in [0.5, 0.6) is 5.75 Å². The van der Waals surface area contributed by atoms with Crippen LogP contribution in [-0.2, 0) is 22.7 Å².